The summed E-state index contributed by atoms with van der Waals surface area (Å²) in [4.78, 5) is 26.3. The number of rotatable bonds is 4. The highest BCUT2D eigenvalue weighted by atomic mass is 16.4. The number of hydrogen-bond acceptors (Lipinski definition) is 4. The number of carboxylic acids is 1. The van der Waals surface area contributed by atoms with Gasteiger partial charge in [-0.15, -0.1) is 0 Å². The molecule has 0 saturated carbocycles. The lowest BCUT2D eigenvalue weighted by Gasteiger charge is -2.01. The molecule has 0 aromatic carbocycles. The SMILES string of the molecule is Cc1ccc(C=CC(=O)Nc2cc(C(=O)O)ccn2)o1. The van der Waals surface area contributed by atoms with Crippen LogP contribution in [-0.2, 0) is 4.79 Å². The first-order valence-corrected chi connectivity index (χ1v) is 5.79. The van der Waals surface area contributed by atoms with E-state index in [0.29, 0.717) is 5.76 Å². The minimum atomic E-state index is -1.08. The molecule has 2 N–H and O–H groups in total. The first-order valence-electron chi connectivity index (χ1n) is 5.79. The van der Waals surface area contributed by atoms with Gasteiger partial charge in [0, 0.05) is 12.3 Å². The van der Waals surface area contributed by atoms with Crippen molar-refractivity contribution < 1.29 is 19.1 Å². The van der Waals surface area contributed by atoms with Gasteiger partial charge in [0.25, 0.3) is 0 Å². The third-order valence-electron chi connectivity index (χ3n) is 2.42. The molecule has 2 aromatic rings. The zero-order valence-corrected chi connectivity index (χ0v) is 10.7. The van der Waals surface area contributed by atoms with Crippen molar-refractivity contribution in [3.8, 4) is 0 Å². The second kappa shape index (κ2) is 5.83. The Morgan fingerprint density at radius 3 is 2.80 bits per heavy atom. The third kappa shape index (κ3) is 3.55. The van der Waals surface area contributed by atoms with E-state index in [0.717, 1.165) is 5.76 Å². The molecule has 0 saturated heterocycles. The molecule has 2 aromatic heterocycles. The summed E-state index contributed by atoms with van der Waals surface area (Å²) in [5.41, 5.74) is 0.0564. The van der Waals surface area contributed by atoms with Crippen LogP contribution < -0.4 is 5.32 Å². The summed E-state index contributed by atoms with van der Waals surface area (Å²) in [6, 6.07) is 6.16. The van der Waals surface area contributed by atoms with E-state index in [9.17, 15) is 9.59 Å². The van der Waals surface area contributed by atoms with Gasteiger partial charge in [0.15, 0.2) is 0 Å². The smallest absolute Gasteiger partial charge is 0.335 e. The Morgan fingerprint density at radius 1 is 1.35 bits per heavy atom. The quantitative estimate of drug-likeness (QED) is 0.833. The minimum Gasteiger partial charge on any atom is -0.478 e. The largest absolute Gasteiger partial charge is 0.478 e. The van der Waals surface area contributed by atoms with Gasteiger partial charge in [0.05, 0.1) is 5.56 Å². The summed E-state index contributed by atoms with van der Waals surface area (Å²) in [6.07, 6.45) is 4.12. The Kier molecular flexibility index (Phi) is 3.95. The van der Waals surface area contributed by atoms with Crippen molar-refractivity contribution in [2.75, 3.05) is 5.32 Å². The molecule has 0 aliphatic rings. The van der Waals surface area contributed by atoms with Gasteiger partial charge in [-0.3, -0.25) is 4.79 Å². The van der Waals surface area contributed by atoms with Crippen LogP contribution in [0.5, 0.6) is 0 Å². The van der Waals surface area contributed by atoms with Gasteiger partial charge in [-0.2, -0.15) is 0 Å². The van der Waals surface area contributed by atoms with E-state index < -0.39 is 11.9 Å². The fourth-order valence-electron chi connectivity index (χ4n) is 1.50. The Labute approximate surface area is 114 Å². The normalized spacial score (nSPS) is 10.7. The molecule has 20 heavy (non-hydrogen) atoms. The van der Waals surface area contributed by atoms with Crippen molar-refractivity contribution in [3.63, 3.8) is 0 Å². The predicted octanol–water partition coefficient (Wildman–Crippen LogP) is 2.33. The maximum atomic E-state index is 11.6. The zero-order chi connectivity index (χ0) is 14.5. The summed E-state index contributed by atoms with van der Waals surface area (Å²) < 4.78 is 5.27. The molecule has 6 nitrogen and oxygen atoms in total. The highest BCUT2D eigenvalue weighted by Crippen LogP contribution is 2.09. The van der Waals surface area contributed by atoms with Gasteiger partial charge >= 0.3 is 5.97 Å². The predicted molar refractivity (Wildman–Crippen MR) is 72.3 cm³/mol. The van der Waals surface area contributed by atoms with Gasteiger partial charge in [0.2, 0.25) is 5.91 Å². The fraction of sp³-hybridized carbons (Fsp3) is 0.0714. The number of aromatic nitrogens is 1. The van der Waals surface area contributed by atoms with Crippen molar-refractivity contribution in [2.24, 2.45) is 0 Å². The summed E-state index contributed by atoms with van der Waals surface area (Å²) in [7, 11) is 0. The number of nitrogens with zero attached hydrogens (tertiary/aromatic N) is 1. The second-order valence-electron chi connectivity index (χ2n) is 4.01. The van der Waals surface area contributed by atoms with Crippen molar-refractivity contribution in [1.29, 1.82) is 0 Å². The summed E-state index contributed by atoms with van der Waals surface area (Å²) in [5, 5.41) is 11.3. The lowest BCUT2D eigenvalue weighted by molar-refractivity contribution is -0.111. The van der Waals surface area contributed by atoms with Crippen LogP contribution in [0, 0.1) is 6.92 Å². The summed E-state index contributed by atoms with van der Waals surface area (Å²) >= 11 is 0. The van der Waals surface area contributed by atoms with E-state index in [1.165, 1.54) is 30.5 Å². The van der Waals surface area contributed by atoms with Crippen LogP contribution in [0.15, 0.2) is 41.0 Å². The number of carbonyl (C=O) groups is 2. The standard InChI is InChI=1S/C14H12N2O4/c1-9-2-3-11(20-9)4-5-13(17)16-12-8-10(14(18)19)6-7-15-12/h2-8H,1H3,(H,18,19)(H,15,16,17). The number of carboxylic acid groups (broad SMARTS) is 1. The maximum Gasteiger partial charge on any atom is 0.335 e. The minimum absolute atomic E-state index is 0.0564. The molecular weight excluding hydrogens is 260 g/mol. The molecule has 6 heteroatoms. The van der Waals surface area contributed by atoms with E-state index in [2.05, 4.69) is 10.3 Å². The van der Waals surface area contributed by atoms with E-state index in [1.807, 2.05) is 0 Å². The van der Waals surface area contributed by atoms with Gasteiger partial charge in [-0.25, -0.2) is 9.78 Å². The van der Waals surface area contributed by atoms with Gasteiger partial charge in [-0.05, 0) is 37.3 Å². The number of aryl methyl sites for hydroxylation is 1. The molecule has 2 heterocycles. The van der Waals surface area contributed by atoms with Gasteiger partial charge < -0.3 is 14.8 Å². The molecule has 2 rings (SSSR count). The summed E-state index contributed by atoms with van der Waals surface area (Å²) in [6.45, 7) is 1.80. The Morgan fingerprint density at radius 2 is 2.15 bits per heavy atom. The highest BCUT2D eigenvalue weighted by molar-refractivity contribution is 6.01. The van der Waals surface area contributed by atoms with E-state index >= 15 is 0 Å². The average Bonchev–Trinajstić information content (AvgIpc) is 2.82. The third-order valence-corrected chi connectivity index (χ3v) is 2.42. The molecule has 0 unspecified atom stereocenters. The molecule has 0 spiro atoms. The van der Waals surface area contributed by atoms with Crippen LogP contribution in [0.1, 0.15) is 21.9 Å². The number of furan rings is 1. The Bertz CT molecular complexity index is 673. The topological polar surface area (TPSA) is 92.4 Å². The molecule has 0 aliphatic carbocycles. The van der Waals surface area contributed by atoms with Crippen LogP contribution in [0.25, 0.3) is 6.08 Å². The number of amides is 1. The number of anilines is 1. The first-order chi connectivity index (χ1) is 9.54. The van der Waals surface area contributed by atoms with Crippen molar-refractivity contribution >= 4 is 23.8 Å². The number of pyridine rings is 1. The van der Waals surface area contributed by atoms with Crippen LogP contribution in [0.4, 0.5) is 5.82 Å². The van der Waals surface area contributed by atoms with Crippen LogP contribution >= 0.6 is 0 Å². The number of aromatic carboxylic acids is 1. The van der Waals surface area contributed by atoms with Crippen molar-refractivity contribution in [3.05, 3.63) is 53.6 Å². The average molecular weight is 272 g/mol. The van der Waals surface area contributed by atoms with Crippen molar-refractivity contribution in [2.45, 2.75) is 6.92 Å². The molecular formula is C14H12N2O4. The van der Waals surface area contributed by atoms with Crippen LogP contribution in [0.3, 0.4) is 0 Å². The van der Waals surface area contributed by atoms with Crippen LogP contribution in [0.2, 0.25) is 0 Å². The molecule has 0 bridgehead atoms. The molecule has 102 valence electrons. The fourth-order valence-corrected chi connectivity index (χ4v) is 1.50. The molecule has 1 amide bonds. The molecule has 0 atom stereocenters. The summed E-state index contributed by atoms with van der Waals surface area (Å²) in [5.74, 6) is -0.0143. The number of hydrogen-bond donors (Lipinski definition) is 2. The van der Waals surface area contributed by atoms with Crippen LogP contribution in [-0.4, -0.2) is 22.0 Å². The number of carbonyl (C=O) groups excluding carboxylic acids is 1. The Hall–Kier alpha value is -2.89. The van der Waals surface area contributed by atoms with Gasteiger partial charge in [-0.1, -0.05) is 0 Å². The lowest BCUT2D eigenvalue weighted by Crippen LogP contribution is -2.10. The second-order valence-corrected chi connectivity index (χ2v) is 4.01. The van der Waals surface area contributed by atoms with Gasteiger partial charge in [0.1, 0.15) is 17.3 Å². The lowest BCUT2D eigenvalue weighted by atomic mass is 10.2. The van der Waals surface area contributed by atoms with E-state index in [1.54, 1.807) is 19.1 Å². The molecule has 0 radical (unpaired) electrons. The first kappa shape index (κ1) is 13.5. The molecule has 0 fully saturated rings. The van der Waals surface area contributed by atoms with Crippen molar-refractivity contribution in [1.82, 2.24) is 4.98 Å². The maximum absolute atomic E-state index is 11.6. The molecule has 0 aliphatic heterocycles. The number of nitrogens with one attached hydrogen (secondary N) is 1. The highest BCUT2D eigenvalue weighted by Gasteiger charge is 2.05. The van der Waals surface area contributed by atoms with E-state index in [4.69, 9.17) is 9.52 Å². The van der Waals surface area contributed by atoms with E-state index in [-0.39, 0.29) is 11.4 Å². The zero-order valence-electron chi connectivity index (χ0n) is 10.7. The monoisotopic (exact) mass is 272 g/mol. The Balaban J connectivity index is 2.02.